The average Bonchev–Trinajstić information content (AvgIpc) is 3.47. The molecule has 1 aliphatic carbocycles. The van der Waals surface area contributed by atoms with Gasteiger partial charge in [0.25, 0.3) is 11.1 Å². The van der Waals surface area contributed by atoms with Crippen molar-refractivity contribution >= 4 is 63.0 Å². The molecule has 0 spiro atoms. The van der Waals surface area contributed by atoms with E-state index >= 15 is 0 Å². The number of carbonyl (C=O) groups excluding carboxylic acids is 1. The van der Waals surface area contributed by atoms with E-state index in [2.05, 4.69) is 43.8 Å². The van der Waals surface area contributed by atoms with E-state index in [0.717, 1.165) is 74.3 Å². The Morgan fingerprint density at radius 1 is 1.14 bits per heavy atom. The minimum absolute atomic E-state index is 0.0260. The number of carbonyl (C=O) groups is 1. The first kappa shape index (κ1) is 32.8. The molecule has 0 radical (unpaired) electrons. The highest BCUT2D eigenvalue weighted by molar-refractivity contribution is 7.19. The van der Waals surface area contributed by atoms with Gasteiger partial charge in [-0.2, -0.15) is 9.78 Å². The molecule has 6 heterocycles. The molecule has 2 aliphatic heterocycles. The summed E-state index contributed by atoms with van der Waals surface area (Å²) in [5.74, 6) is 0.540. The van der Waals surface area contributed by atoms with Gasteiger partial charge in [0.1, 0.15) is 16.2 Å². The first-order valence-corrected chi connectivity index (χ1v) is 17.5. The van der Waals surface area contributed by atoms with Gasteiger partial charge in [0.15, 0.2) is 12.1 Å². The number of pyridine rings is 2. The standard InChI is InChI=1S/C36H40N8O4S/c1-5-26(29(19-45)34(37-3)44-36(47)33-28(16-39-44)27-8-6-7-9-31(27)49-33)23-14-30(35(46)41(4)18-23)40-32-11-10-24(15-38-32)43-13-12-42(17-22(43)2)25-20-48-21-25/h5,10-11,14-16,18-19,22,25H,3,6-9,12-13,17,20-21H2,1-2,4H3,(H,38,40)/b26-5-,34-29+/t22-/m0/s1. The Balaban J connectivity index is 1.17. The van der Waals surface area contributed by atoms with E-state index in [-0.39, 0.29) is 28.2 Å². The van der Waals surface area contributed by atoms with Crippen molar-refractivity contribution in [1.29, 1.82) is 0 Å². The first-order chi connectivity index (χ1) is 23.8. The van der Waals surface area contributed by atoms with Crippen molar-refractivity contribution in [1.82, 2.24) is 24.2 Å². The maximum atomic E-state index is 13.8. The number of hydrogen-bond acceptors (Lipinski definition) is 11. The molecular weight excluding hydrogens is 641 g/mol. The summed E-state index contributed by atoms with van der Waals surface area (Å²) in [6.45, 7) is 12.2. The lowest BCUT2D eigenvalue weighted by molar-refractivity contribution is -0.104. The second kappa shape index (κ2) is 13.7. The van der Waals surface area contributed by atoms with E-state index in [9.17, 15) is 14.4 Å². The monoisotopic (exact) mass is 680 g/mol. The summed E-state index contributed by atoms with van der Waals surface area (Å²) >= 11 is 1.50. The first-order valence-electron chi connectivity index (χ1n) is 16.7. The van der Waals surface area contributed by atoms with Crippen LogP contribution in [0.2, 0.25) is 0 Å². The predicted octanol–water partition coefficient (Wildman–Crippen LogP) is 4.26. The predicted molar refractivity (Wildman–Crippen MR) is 195 cm³/mol. The Bertz CT molecular complexity index is 2110. The summed E-state index contributed by atoms with van der Waals surface area (Å²) in [6.07, 6.45) is 11.6. The molecule has 0 amide bonds. The summed E-state index contributed by atoms with van der Waals surface area (Å²) in [5.41, 5.74) is 3.06. The topological polar surface area (TPSA) is 127 Å². The van der Waals surface area contributed by atoms with Crippen LogP contribution in [0, 0.1) is 0 Å². The van der Waals surface area contributed by atoms with Crippen molar-refractivity contribution in [2.24, 2.45) is 12.0 Å². The van der Waals surface area contributed by atoms with E-state index in [4.69, 9.17) is 4.74 Å². The third-order valence-corrected chi connectivity index (χ3v) is 11.1. The fourth-order valence-corrected chi connectivity index (χ4v) is 8.42. The van der Waals surface area contributed by atoms with Crippen molar-refractivity contribution in [3.63, 3.8) is 0 Å². The number of piperazine rings is 1. The molecule has 2 fully saturated rings. The molecule has 13 heteroatoms. The summed E-state index contributed by atoms with van der Waals surface area (Å²) in [7, 11) is 1.65. The molecule has 1 N–H and O–H groups in total. The second-order valence-corrected chi connectivity index (χ2v) is 13.9. The van der Waals surface area contributed by atoms with Gasteiger partial charge in [0.2, 0.25) is 0 Å². The number of fused-ring (bicyclic) bond motifs is 3. The SMILES string of the molecule is C=N/C(=C(C=O)\C(=C/C)c1cc(Nc2ccc(N3CCN(C4COC4)C[C@@H]3C)cn2)c(=O)n(C)c1)n1ncc2c3c(sc2c1=O)CCCC3. The fourth-order valence-electron chi connectivity index (χ4n) is 7.13. The Morgan fingerprint density at radius 2 is 1.96 bits per heavy atom. The van der Waals surface area contributed by atoms with Crippen LogP contribution in [0.5, 0.6) is 0 Å². The average molecular weight is 681 g/mol. The molecule has 0 saturated carbocycles. The zero-order valence-electron chi connectivity index (χ0n) is 28.0. The number of nitrogens with zero attached hydrogens (tertiary/aromatic N) is 7. The summed E-state index contributed by atoms with van der Waals surface area (Å²) in [6, 6.07) is 6.41. The number of ether oxygens (including phenoxy) is 1. The zero-order chi connectivity index (χ0) is 34.2. The normalized spacial score (nSPS) is 19.3. The molecule has 0 bridgehead atoms. The fraction of sp³-hybridized carbons (Fsp3) is 0.389. The third-order valence-electron chi connectivity index (χ3n) is 9.82. The Labute approximate surface area is 288 Å². The number of aryl methyl sites for hydroxylation is 3. The molecule has 0 unspecified atom stereocenters. The Kier molecular flexibility index (Phi) is 9.14. The number of allylic oxidation sites excluding steroid dienone is 3. The van der Waals surface area contributed by atoms with Gasteiger partial charge in [-0.15, -0.1) is 11.3 Å². The van der Waals surface area contributed by atoms with Gasteiger partial charge >= 0.3 is 0 Å². The highest BCUT2D eigenvalue weighted by Crippen LogP contribution is 2.35. The van der Waals surface area contributed by atoms with Crippen molar-refractivity contribution in [3.8, 4) is 0 Å². The lowest BCUT2D eigenvalue weighted by Gasteiger charge is -2.46. The van der Waals surface area contributed by atoms with E-state index < -0.39 is 0 Å². The number of aliphatic imine (C=N–C) groups is 1. The van der Waals surface area contributed by atoms with Crippen LogP contribution in [-0.2, 0) is 29.4 Å². The molecular formula is C36H40N8O4S. The van der Waals surface area contributed by atoms with Crippen LogP contribution >= 0.6 is 11.3 Å². The van der Waals surface area contributed by atoms with E-state index in [1.807, 2.05) is 18.3 Å². The van der Waals surface area contributed by atoms with E-state index in [1.165, 1.54) is 26.3 Å². The number of aldehydes is 1. The minimum Gasteiger partial charge on any atom is -0.378 e. The Hall–Kier alpha value is -4.72. The van der Waals surface area contributed by atoms with Crippen LogP contribution in [0.15, 0.2) is 63.0 Å². The summed E-state index contributed by atoms with van der Waals surface area (Å²) in [4.78, 5) is 54.6. The van der Waals surface area contributed by atoms with Crippen molar-refractivity contribution in [2.45, 2.75) is 51.6 Å². The molecule has 4 aromatic heterocycles. The smallest absolute Gasteiger partial charge is 0.290 e. The van der Waals surface area contributed by atoms with Crippen molar-refractivity contribution < 1.29 is 9.53 Å². The second-order valence-electron chi connectivity index (χ2n) is 12.8. The van der Waals surface area contributed by atoms with E-state index in [0.29, 0.717) is 40.0 Å². The molecule has 7 rings (SSSR count). The van der Waals surface area contributed by atoms with Gasteiger partial charge in [0.05, 0.1) is 42.9 Å². The zero-order valence-corrected chi connectivity index (χ0v) is 28.8. The highest BCUT2D eigenvalue weighted by atomic mass is 32.1. The lowest BCUT2D eigenvalue weighted by Crippen LogP contribution is -2.59. The minimum atomic E-state index is -0.337. The van der Waals surface area contributed by atoms with Gasteiger partial charge in [0, 0.05) is 54.7 Å². The quantitative estimate of drug-likeness (QED) is 0.120. The van der Waals surface area contributed by atoms with Crippen molar-refractivity contribution in [3.05, 3.63) is 85.2 Å². The molecule has 4 aromatic rings. The molecule has 3 aliphatic rings. The van der Waals surface area contributed by atoms with Gasteiger partial charge < -0.3 is 19.5 Å². The maximum Gasteiger partial charge on any atom is 0.290 e. The molecule has 0 aromatic carbocycles. The number of nitrogens with one attached hydrogen (secondary N) is 1. The van der Waals surface area contributed by atoms with Gasteiger partial charge in [-0.05, 0) is 75.6 Å². The molecule has 49 heavy (non-hydrogen) atoms. The maximum absolute atomic E-state index is 13.8. The number of rotatable bonds is 9. The number of aromatic nitrogens is 4. The highest BCUT2D eigenvalue weighted by Gasteiger charge is 2.32. The van der Waals surface area contributed by atoms with Gasteiger partial charge in [-0.1, -0.05) is 6.08 Å². The Morgan fingerprint density at radius 3 is 2.63 bits per heavy atom. The lowest BCUT2D eigenvalue weighted by atomic mass is 9.97. The van der Waals surface area contributed by atoms with Crippen LogP contribution in [0.25, 0.3) is 21.5 Å². The van der Waals surface area contributed by atoms with Gasteiger partial charge in [-0.25, -0.2) is 9.98 Å². The number of thiophene rings is 1. The van der Waals surface area contributed by atoms with Crippen molar-refractivity contribution in [2.75, 3.05) is 43.1 Å². The van der Waals surface area contributed by atoms with Gasteiger partial charge in [-0.3, -0.25) is 19.3 Å². The molecule has 254 valence electrons. The molecule has 12 nitrogen and oxygen atoms in total. The van der Waals surface area contributed by atoms with Crippen LogP contribution < -0.4 is 21.3 Å². The largest absolute Gasteiger partial charge is 0.378 e. The summed E-state index contributed by atoms with van der Waals surface area (Å²) in [5, 5.41) is 8.50. The third kappa shape index (κ3) is 6.06. The summed E-state index contributed by atoms with van der Waals surface area (Å²) < 4.78 is 8.58. The van der Waals surface area contributed by atoms with Crippen LogP contribution in [0.1, 0.15) is 42.7 Å². The van der Waals surface area contributed by atoms with Crippen LogP contribution in [0.4, 0.5) is 17.2 Å². The van der Waals surface area contributed by atoms with Crippen LogP contribution in [-0.4, -0.2) is 82.2 Å². The van der Waals surface area contributed by atoms with Crippen LogP contribution in [0.3, 0.4) is 0 Å². The molecule has 2 saturated heterocycles. The number of hydrogen-bond donors (Lipinski definition) is 1. The molecule has 1 atom stereocenters. The van der Waals surface area contributed by atoms with E-state index in [1.54, 1.807) is 38.5 Å². The number of anilines is 3.